The summed E-state index contributed by atoms with van der Waals surface area (Å²) in [4.78, 5) is 30.1. The number of likely N-dealkylation sites (tertiary alicyclic amines) is 1. The molecule has 7 heteroatoms. The Morgan fingerprint density at radius 3 is 2.37 bits per heavy atom. The molecule has 2 aromatic carbocycles. The molecule has 7 nitrogen and oxygen atoms in total. The number of carbonyl (C=O) groups is 2. The van der Waals surface area contributed by atoms with Gasteiger partial charge in [0.05, 0.1) is 23.8 Å². The third-order valence-electron chi connectivity index (χ3n) is 6.38. The van der Waals surface area contributed by atoms with Crippen molar-refractivity contribution in [1.82, 2.24) is 9.80 Å². The summed E-state index contributed by atoms with van der Waals surface area (Å²) in [7, 11) is 0. The van der Waals surface area contributed by atoms with Crippen molar-refractivity contribution in [3.8, 4) is 11.5 Å². The van der Waals surface area contributed by atoms with Gasteiger partial charge in [-0.25, -0.2) is 0 Å². The molecule has 3 rings (SSSR count). The molecule has 0 unspecified atom stereocenters. The zero-order valence-electron chi connectivity index (χ0n) is 21.1. The number of nitrogens with zero attached hydrogens (tertiary/aromatic N) is 2. The highest BCUT2D eigenvalue weighted by Crippen LogP contribution is 2.41. The third kappa shape index (κ3) is 5.85. The fourth-order valence-corrected chi connectivity index (χ4v) is 4.41. The Hall–Kier alpha value is -3.32. The molecule has 188 valence electrons. The maximum atomic E-state index is 13.2. The number of aryl methyl sites for hydroxylation is 1. The van der Waals surface area contributed by atoms with Crippen LogP contribution in [0.25, 0.3) is 5.76 Å². The molecule has 1 aliphatic rings. The predicted octanol–water partition coefficient (Wildman–Crippen LogP) is 4.64. The van der Waals surface area contributed by atoms with Crippen molar-refractivity contribution < 1.29 is 24.5 Å². The van der Waals surface area contributed by atoms with Gasteiger partial charge in [-0.3, -0.25) is 9.59 Å². The molecular weight excluding hydrogens is 444 g/mol. The maximum absolute atomic E-state index is 13.2. The molecule has 0 bridgehead atoms. The molecule has 0 aromatic heterocycles. The minimum Gasteiger partial charge on any atom is -0.507 e. The van der Waals surface area contributed by atoms with Crippen LogP contribution in [0.15, 0.2) is 48.0 Å². The van der Waals surface area contributed by atoms with E-state index in [1.165, 1.54) is 11.0 Å². The number of phenolic OH excluding ortho intramolecular Hbond substituents is 1. The number of hydrogen-bond acceptors (Lipinski definition) is 6. The van der Waals surface area contributed by atoms with Crippen molar-refractivity contribution in [2.75, 3.05) is 32.8 Å². The first-order valence-corrected chi connectivity index (χ1v) is 12.4. The summed E-state index contributed by atoms with van der Waals surface area (Å²) in [5.74, 6) is -1.21. The van der Waals surface area contributed by atoms with Gasteiger partial charge in [0, 0.05) is 6.54 Å². The number of aliphatic hydroxyl groups is 1. The smallest absolute Gasteiger partial charge is 0.295 e. The first kappa shape index (κ1) is 26.3. The number of hydrogen-bond donors (Lipinski definition) is 2. The van der Waals surface area contributed by atoms with Crippen LogP contribution in [-0.2, 0) is 9.59 Å². The number of aromatic hydroxyl groups is 1. The molecule has 1 amide bonds. The number of Topliss-reactive ketones (excluding diaryl/α,β-unsaturated/α-hetero) is 1. The first-order valence-electron chi connectivity index (χ1n) is 12.4. The van der Waals surface area contributed by atoms with Crippen LogP contribution in [0.5, 0.6) is 11.5 Å². The molecule has 1 fully saturated rings. The highest BCUT2D eigenvalue weighted by Gasteiger charge is 2.46. The maximum Gasteiger partial charge on any atom is 0.295 e. The van der Waals surface area contributed by atoms with Crippen molar-refractivity contribution in [2.24, 2.45) is 0 Å². The molecule has 0 spiro atoms. The van der Waals surface area contributed by atoms with Crippen molar-refractivity contribution >= 4 is 17.4 Å². The largest absolute Gasteiger partial charge is 0.507 e. The van der Waals surface area contributed by atoms with E-state index in [2.05, 4.69) is 18.7 Å². The summed E-state index contributed by atoms with van der Waals surface area (Å²) < 4.78 is 5.68. The van der Waals surface area contributed by atoms with Crippen LogP contribution >= 0.6 is 0 Å². The topological polar surface area (TPSA) is 90.3 Å². The highest BCUT2D eigenvalue weighted by molar-refractivity contribution is 6.46. The second-order valence-electron chi connectivity index (χ2n) is 8.81. The number of carbonyl (C=O) groups excluding carboxylic acids is 2. The lowest BCUT2D eigenvalue weighted by atomic mass is 9.94. The molecule has 0 aliphatic carbocycles. The fraction of sp³-hybridized carbons (Fsp3) is 0.429. The third-order valence-corrected chi connectivity index (χ3v) is 6.38. The van der Waals surface area contributed by atoms with Crippen LogP contribution in [-0.4, -0.2) is 64.5 Å². The van der Waals surface area contributed by atoms with Gasteiger partial charge in [-0.1, -0.05) is 44.5 Å². The SMILES string of the molecule is CCCOc1ccc([C@H]2C(=C(O)c3cc(C)ccc3O)C(=O)C(=O)N2CCCN(CC)CC)cc1. The van der Waals surface area contributed by atoms with Crippen LogP contribution in [0.2, 0.25) is 0 Å². The second kappa shape index (κ2) is 11.9. The average molecular weight is 481 g/mol. The van der Waals surface area contributed by atoms with Crippen molar-refractivity contribution in [2.45, 2.75) is 46.6 Å². The molecule has 1 heterocycles. The van der Waals surface area contributed by atoms with E-state index < -0.39 is 17.7 Å². The Labute approximate surface area is 207 Å². The number of amides is 1. The number of aliphatic hydroxyl groups excluding tert-OH is 1. The van der Waals surface area contributed by atoms with Gasteiger partial charge in [0.25, 0.3) is 11.7 Å². The van der Waals surface area contributed by atoms with Crippen LogP contribution < -0.4 is 4.74 Å². The molecular formula is C28H36N2O5. The molecule has 35 heavy (non-hydrogen) atoms. The fourth-order valence-electron chi connectivity index (χ4n) is 4.41. The Morgan fingerprint density at radius 2 is 1.74 bits per heavy atom. The minimum absolute atomic E-state index is 0.0130. The van der Waals surface area contributed by atoms with Crippen LogP contribution in [0.4, 0.5) is 0 Å². The van der Waals surface area contributed by atoms with Gasteiger partial charge in [-0.05, 0) is 69.2 Å². The normalized spacial score (nSPS) is 17.4. The predicted molar refractivity (Wildman–Crippen MR) is 136 cm³/mol. The summed E-state index contributed by atoms with van der Waals surface area (Å²) in [6.45, 7) is 11.6. The van der Waals surface area contributed by atoms with Crippen molar-refractivity contribution in [1.29, 1.82) is 0 Å². The van der Waals surface area contributed by atoms with Gasteiger partial charge in [0.2, 0.25) is 0 Å². The molecule has 1 atom stereocenters. The van der Waals surface area contributed by atoms with Crippen molar-refractivity contribution in [3.05, 3.63) is 64.7 Å². The number of ketones is 1. The molecule has 0 saturated carbocycles. The molecule has 1 saturated heterocycles. The summed E-state index contributed by atoms with van der Waals surface area (Å²) in [6, 6.07) is 11.3. The Balaban J connectivity index is 2.04. The highest BCUT2D eigenvalue weighted by atomic mass is 16.5. The minimum atomic E-state index is -0.758. The zero-order valence-corrected chi connectivity index (χ0v) is 21.1. The summed E-state index contributed by atoms with van der Waals surface area (Å²) in [5.41, 5.74) is 1.64. The van der Waals surface area contributed by atoms with Gasteiger partial charge in [-0.2, -0.15) is 0 Å². The monoisotopic (exact) mass is 480 g/mol. The molecule has 2 aromatic rings. The Bertz CT molecular complexity index is 1070. The Kier molecular flexibility index (Phi) is 8.93. The number of phenols is 1. The summed E-state index contributed by atoms with van der Waals surface area (Å²) in [5, 5.41) is 21.6. The van der Waals surface area contributed by atoms with Gasteiger partial charge in [0.1, 0.15) is 17.3 Å². The van der Waals surface area contributed by atoms with E-state index in [4.69, 9.17) is 4.74 Å². The lowest BCUT2D eigenvalue weighted by Gasteiger charge is -2.27. The summed E-state index contributed by atoms with van der Waals surface area (Å²) in [6.07, 6.45) is 1.58. The van der Waals surface area contributed by atoms with Gasteiger partial charge >= 0.3 is 0 Å². The molecule has 0 radical (unpaired) electrons. The van der Waals surface area contributed by atoms with Gasteiger partial charge in [0.15, 0.2) is 0 Å². The van der Waals surface area contributed by atoms with E-state index >= 15 is 0 Å². The zero-order chi connectivity index (χ0) is 25.5. The molecule has 1 aliphatic heterocycles. The van der Waals surface area contributed by atoms with Gasteiger partial charge in [-0.15, -0.1) is 0 Å². The van der Waals surface area contributed by atoms with E-state index in [1.54, 1.807) is 12.1 Å². The van der Waals surface area contributed by atoms with E-state index in [0.29, 0.717) is 30.9 Å². The summed E-state index contributed by atoms with van der Waals surface area (Å²) >= 11 is 0. The van der Waals surface area contributed by atoms with E-state index in [-0.39, 0.29) is 22.6 Å². The Morgan fingerprint density at radius 1 is 1.06 bits per heavy atom. The van der Waals surface area contributed by atoms with Crippen LogP contribution in [0, 0.1) is 6.92 Å². The van der Waals surface area contributed by atoms with Crippen LogP contribution in [0.1, 0.15) is 56.3 Å². The standard InChI is InChI=1S/C28H36N2O5/c1-5-17-35-21-12-10-20(11-13-21)25-24(26(32)22-18-19(4)9-14-23(22)31)27(33)28(34)30(25)16-8-15-29(6-2)7-3/h9-14,18,25,31-32H,5-8,15-17H2,1-4H3/t25-/m0/s1. The lowest BCUT2D eigenvalue weighted by Crippen LogP contribution is -2.33. The average Bonchev–Trinajstić information content (AvgIpc) is 3.11. The van der Waals surface area contributed by atoms with E-state index in [9.17, 15) is 19.8 Å². The first-order chi connectivity index (χ1) is 16.8. The van der Waals surface area contributed by atoms with Crippen molar-refractivity contribution in [3.63, 3.8) is 0 Å². The molecule has 2 N–H and O–H groups in total. The van der Waals surface area contributed by atoms with E-state index in [0.717, 1.165) is 31.6 Å². The number of ether oxygens (including phenoxy) is 1. The quantitative estimate of drug-likeness (QED) is 0.277. The van der Waals surface area contributed by atoms with E-state index in [1.807, 2.05) is 38.1 Å². The van der Waals surface area contributed by atoms with Gasteiger partial charge < -0.3 is 24.7 Å². The number of benzene rings is 2. The number of rotatable bonds is 11. The van der Waals surface area contributed by atoms with Crippen LogP contribution in [0.3, 0.4) is 0 Å². The lowest BCUT2D eigenvalue weighted by molar-refractivity contribution is -0.140. The second-order valence-corrected chi connectivity index (χ2v) is 8.81.